The standard InChI is InChI=1S/C32H40F2N6/c1-7-10-31(21(4)36)40-30(9-3)25-13-11-24(12-14-25)19-37-20-32(39-27(8-2)18-35)23(6)38-22(5)26-15-16-28(33)29(34)17-26/h8-9,11-17,22,31,37-38,40H,4,6-7,10,19-20,36H2,1-3,5H3/b27-8-,30-9-,39-32?. The summed E-state index contributed by atoms with van der Waals surface area (Å²) in [7, 11) is 0. The fourth-order valence-electron chi connectivity index (χ4n) is 4.01. The first-order valence-electron chi connectivity index (χ1n) is 13.3. The van der Waals surface area contributed by atoms with E-state index in [1.165, 1.54) is 6.07 Å². The van der Waals surface area contributed by atoms with Crippen LogP contribution in [0.1, 0.15) is 63.3 Å². The highest BCUT2D eigenvalue weighted by atomic mass is 19.2. The molecule has 0 saturated heterocycles. The summed E-state index contributed by atoms with van der Waals surface area (Å²) >= 11 is 0. The normalized spacial score (nSPS) is 13.8. The molecule has 0 spiro atoms. The predicted molar refractivity (Wildman–Crippen MR) is 161 cm³/mol. The lowest BCUT2D eigenvalue weighted by Gasteiger charge is -2.22. The summed E-state index contributed by atoms with van der Waals surface area (Å²) in [6, 6.07) is 13.6. The third-order valence-electron chi connectivity index (χ3n) is 6.36. The van der Waals surface area contributed by atoms with Gasteiger partial charge < -0.3 is 21.7 Å². The van der Waals surface area contributed by atoms with Crippen LogP contribution in [0.3, 0.4) is 0 Å². The number of nitrogens with zero attached hydrogens (tertiary/aromatic N) is 2. The molecule has 0 amide bonds. The average Bonchev–Trinajstić information content (AvgIpc) is 2.94. The van der Waals surface area contributed by atoms with Crippen molar-refractivity contribution in [2.75, 3.05) is 6.54 Å². The van der Waals surface area contributed by atoms with Crippen molar-refractivity contribution in [3.8, 4) is 6.07 Å². The number of nitrogens with one attached hydrogen (secondary N) is 3. The van der Waals surface area contributed by atoms with Crippen molar-refractivity contribution in [3.63, 3.8) is 0 Å². The van der Waals surface area contributed by atoms with Gasteiger partial charge in [0.1, 0.15) is 11.8 Å². The number of allylic oxidation sites excluding steroid dienone is 3. The van der Waals surface area contributed by atoms with Crippen LogP contribution in [-0.2, 0) is 6.54 Å². The van der Waals surface area contributed by atoms with Crippen molar-refractivity contribution in [3.05, 3.63) is 113 Å². The Morgan fingerprint density at radius 2 is 1.77 bits per heavy atom. The molecule has 8 heteroatoms. The van der Waals surface area contributed by atoms with E-state index in [0.29, 0.717) is 35.8 Å². The summed E-state index contributed by atoms with van der Waals surface area (Å²) in [4.78, 5) is 4.45. The van der Waals surface area contributed by atoms with Crippen molar-refractivity contribution >= 4 is 11.4 Å². The Labute approximate surface area is 237 Å². The van der Waals surface area contributed by atoms with E-state index < -0.39 is 11.6 Å². The highest BCUT2D eigenvalue weighted by Gasteiger charge is 2.14. The molecule has 2 aromatic rings. The highest BCUT2D eigenvalue weighted by Crippen LogP contribution is 2.18. The van der Waals surface area contributed by atoms with Gasteiger partial charge in [0.15, 0.2) is 11.6 Å². The van der Waals surface area contributed by atoms with Crippen LogP contribution in [0, 0.1) is 23.0 Å². The van der Waals surface area contributed by atoms with Gasteiger partial charge in [-0.2, -0.15) is 5.26 Å². The number of hydrogen-bond donors (Lipinski definition) is 4. The van der Waals surface area contributed by atoms with Crippen molar-refractivity contribution in [2.45, 2.75) is 59.2 Å². The molecule has 2 aromatic carbocycles. The SMILES string of the molecule is C=C(NC(C)c1ccc(F)c(F)c1)C(CNCc1ccc(/C(=C/C)NC(CCC)C(=C)N)cc1)=N/C(C#N)=C\C. The molecule has 0 radical (unpaired) electrons. The van der Waals surface area contributed by atoms with Gasteiger partial charge in [0, 0.05) is 30.5 Å². The van der Waals surface area contributed by atoms with Gasteiger partial charge in [0.2, 0.25) is 0 Å². The zero-order chi connectivity index (χ0) is 29.7. The van der Waals surface area contributed by atoms with Gasteiger partial charge in [0.05, 0.1) is 17.5 Å². The van der Waals surface area contributed by atoms with Crippen molar-refractivity contribution in [2.24, 2.45) is 10.7 Å². The second-order valence-electron chi connectivity index (χ2n) is 9.43. The number of rotatable bonds is 15. The van der Waals surface area contributed by atoms with Crippen molar-refractivity contribution < 1.29 is 8.78 Å². The molecule has 0 saturated carbocycles. The molecule has 5 N–H and O–H groups in total. The lowest BCUT2D eigenvalue weighted by Crippen LogP contribution is -2.32. The third-order valence-corrected chi connectivity index (χ3v) is 6.36. The summed E-state index contributed by atoms with van der Waals surface area (Å²) in [5.41, 5.74) is 11.5. The molecule has 0 aromatic heterocycles. The number of benzene rings is 2. The fraction of sp³-hybridized carbons (Fsp3) is 0.312. The van der Waals surface area contributed by atoms with Crippen LogP contribution in [0.5, 0.6) is 0 Å². The Bertz CT molecular complexity index is 1300. The largest absolute Gasteiger partial charge is 0.401 e. The zero-order valence-electron chi connectivity index (χ0n) is 23.8. The van der Waals surface area contributed by atoms with Gasteiger partial charge in [-0.3, -0.25) is 0 Å². The Morgan fingerprint density at radius 3 is 2.33 bits per heavy atom. The van der Waals surface area contributed by atoms with Gasteiger partial charge >= 0.3 is 0 Å². The fourth-order valence-corrected chi connectivity index (χ4v) is 4.01. The van der Waals surface area contributed by atoms with E-state index in [4.69, 9.17) is 5.73 Å². The predicted octanol–water partition coefficient (Wildman–Crippen LogP) is 6.38. The minimum Gasteiger partial charge on any atom is -0.401 e. The second-order valence-corrected chi connectivity index (χ2v) is 9.43. The molecule has 212 valence electrons. The summed E-state index contributed by atoms with van der Waals surface area (Å²) in [5, 5.41) is 19.4. The smallest absolute Gasteiger partial charge is 0.159 e. The van der Waals surface area contributed by atoms with E-state index >= 15 is 0 Å². The lowest BCUT2D eigenvalue weighted by atomic mass is 10.1. The molecule has 0 aliphatic carbocycles. The van der Waals surface area contributed by atoms with Crippen LogP contribution in [-0.4, -0.2) is 18.3 Å². The molecule has 0 aliphatic rings. The topological polar surface area (TPSA) is 98.3 Å². The first kappa shape index (κ1) is 32.0. The van der Waals surface area contributed by atoms with Crippen LogP contribution >= 0.6 is 0 Å². The number of hydrogen-bond acceptors (Lipinski definition) is 6. The molecule has 2 unspecified atom stereocenters. The molecular formula is C32H40F2N6. The van der Waals surface area contributed by atoms with Crippen molar-refractivity contribution in [1.29, 1.82) is 5.26 Å². The quantitative estimate of drug-likeness (QED) is 0.154. The molecule has 0 heterocycles. The van der Waals surface area contributed by atoms with Gasteiger partial charge in [0.25, 0.3) is 0 Å². The van der Waals surface area contributed by atoms with E-state index in [9.17, 15) is 14.0 Å². The Balaban J connectivity index is 2.09. The van der Waals surface area contributed by atoms with Crippen LogP contribution in [0.2, 0.25) is 0 Å². The third kappa shape index (κ3) is 9.51. The molecular weight excluding hydrogens is 506 g/mol. The monoisotopic (exact) mass is 546 g/mol. The van der Waals surface area contributed by atoms with Gasteiger partial charge in [-0.25, -0.2) is 13.8 Å². The van der Waals surface area contributed by atoms with E-state index in [1.54, 1.807) is 13.0 Å². The molecule has 0 aliphatic heterocycles. The molecule has 2 atom stereocenters. The van der Waals surface area contributed by atoms with E-state index in [1.807, 2.05) is 44.2 Å². The molecule has 0 bridgehead atoms. The summed E-state index contributed by atoms with van der Waals surface area (Å²) in [6.07, 6.45) is 5.54. The van der Waals surface area contributed by atoms with Crippen LogP contribution in [0.25, 0.3) is 5.70 Å². The second kappa shape index (κ2) is 16.0. The van der Waals surface area contributed by atoms with Gasteiger partial charge in [-0.1, -0.05) is 69.0 Å². The summed E-state index contributed by atoms with van der Waals surface area (Å²) < 4.78 is 27.1. The first-order chi connectivity index (χ1) is 19.1. The number of nitriles is 1. The lowest BCUT2D eigenvalue weighted by molar-refractivity contribution is 0.504. The summed E-state index contributed by atoms with van der Waals surface area (Å²) in [5.74, 6) is -1.82. The average molecular weight is 547 g/mol. The van der Waals surface area contributed by atoms with E-state index in [2.05, 4.69) is 47.1 Å². The zero-order valence-corrected chi connectivity index (χ0v) is 23.8. The van der Waals surface area contributed by atoms with Crippen LogP contribution < -0.4 is 21.7 Å². The molecule has 0 fully saturated rings. The Hall–Kier alpha value is -4.22. The maximum absolute atomic E-state index is 13.7. The van der Waals surface area contributed by atoms with Crippen LogP contribution in [0.4, 0.5) is 8.78 Å². The molecule has 40 heavy (non-hydrogen) atoms. The Morgan fingerprint density at radius 1 is 1.07 bits per heavy atom. The molecule has 6 nitrogen and oxygen atoms in total. The van der Waals surface area contributed by atoms with E-state index in [-0.39, 0.29) is 17.8 Å². The first-order valence-corrected chi connectivity index (χ1v) is 13.3. The maximum atomic E-state index is 13.7. The minimum absolute atomic E-state index is 0.0113. The van der Waals surface area contributed by atoms with Crippen molar-refractivity contribution in [1.82, 2.24) is 16.0 Å². The number of halogens is 2. The van der Waals surface area contributed by atoms with Crippen LogP contribution in [0.15, 0.2) is 89.9 Å². The van der Waals surface area contributed by atoms with Gasteiger partial charge in [-0.05, 0) is 56.0 Å². The minimum atomic E-state index is -0.915. The number of aliphatic imine (C=N–C) groups is 1. The summed E-state index contributed by atoms with van der Waals surface area (Å²) in [6.45, 7) is 16.5. The van der Waals surface area contributed by atoms with E-state index in [0.717, 1.165) is 41.8 Å². The Kier molecular flexibility index (Phi) is 12.8. The maximum Gasteiger partial charge on any atom is 0.159 e. The number of nitrogens with two attached hydrogens (primary N) is 1. The van der Waals surface area contributed by atoms with Gasteiger partial charge in [-0.15, -0.1) is 0 Å². The highest BCUT2D eigenvalue weighted by molar-refractivity contribution is 6.01. The molecule has 2 rings (SSSR count).